The molecule has 1 aliphatic rings. The molecule has 0 spiro atoms. The van der Waals surface area contributed by atoms with Crippen LogP contribution >= 0.6 is 0 Å². The second kappa shape index (κ2) is 4.28. The van der Waals surface area contributed by atoms with Crippen LogP contribution in [0.25, 0.3) is 0 Å². The number of nitrogens with two attached hydrogens (primary N) is 1. The normalized spacial score (nSPS) is 22.6. The fraction of sp³-hybridized carbons (Fsp3) is 0.900. The maximum Gasteiger partial charge on any atom is 0.237 e. The van der Waals surface area contributed by atoms with Gasteiger partial charge < -0.3 is 16.2 Å². The van der Waals surface area contributed by atoms with Crippen LogP contribution in [0, 0.1) is 5.92 Å². The Hall–Kier alpha value is -0.610. The molecule has 2 unspecified atom stereocenters. The van der Waals surface area contributed by atoms with Gasteiger partial charge in [-0.1, -0.05) is 20.3 Å². The van der Waals surface area contributed by atoms with E-state index in [9.17, 15) is 4.79 Å². The highest BCUT2D eigenvalue weighted by atomic mass is 16.3. The van der Waals surface area contributed by atoms with E-state index >= 15 is 0 Å². The Morgan fingerprint density at radius 3 is 2.57 bits per heavy atom. The number of hydrogen-bond donors (Lipinski definition) is 3. The summed E-state index contributed by atoms with van der Waals surface area (Å²) in [4.78, 5) is 11.6. The molecule has 1 fully saturated rings. The van der Waals surface area contributed by atoms with Crippen LogP contribution in [0.1, 0.15) is 33.1 Å². The van der Waals surface area contributed by atoms with E-state index in [1.165, 1.54) is 0 Å². The van der Waals surface area contributed by atoms with E-state index in [2.05, 4.69) is 5.32 Å². The number of hydrogen-bond acceptors (Lipinski definition) is 3. The molecule has 1 aliphatic carbocycles. The first-order valence-electron chi connectivity index (χ1n) is 5.23. The zero-order chi connectivity index (χ0) is 10.8. The monoisotopic (exact) mass is 200 g/mol. The van der Waals surface area contributed by atoms with E-state index in [0.717, 1.165) is 19.3 Å². The first-order valence-corrected chi connectivity index (χ1v) is 5.23. The standard InChI is InChI=1S/C10H20N2O2/c1-3-7(2)8(11)9(14)12-10(6-13)4-5-10/h7-8,13H,3-6,11H2,1-2H3,(H,12,14). The first-order chi connectivity index (χ1) is 6.54. The molecule has 0 aliphatic heterocycles. The third-order valence-corrected chi connectivity index (χ3v) is 3.10. The van der Waals surface area contributed by atoms with E-state index in [4.69, 9.17) is 10.8 Å². The molecule has 0 aromatic carbocycles. The van der Waals surface area contributed by atoms with Crippen molar-refractivity contribution in [2.75, 3.05) is 6.61 Å². The minimum Gasteiger partial charge on any atom is -0.394 e. The van der Waals surface area contributed by atoms with Gasteiger partial charge in [0, 0.05) is 0 Å². The van der Waals surface area contributed by atoms with Crippen LogP contribution in [0.15, 0.2) is 0 Å². The SMILES string of the molecule is CCC(C)C(N)C(=O)NC1(CO)CC1. The summed E-state index contributed by atoms with van der Waals surface area (Å²) < 4.78 is 0. The number of aliphatic hydroxyl groups excluding tert-OH is 1. The zero-order valence-corrected chi connectivity index (χ0v) is 8.92. The van der Waals surface area contributed by atoms with Crippen LogP contribution in [0.5, 0.6) is 0 Å². The number of amides is 1. The van der Waals surface area contributed by atoms with Crippen LogP contribution < -0.4 is 11.1 Å². The van der Waals surface area contributed by atoms with Gasteiger partial charge in [-0.15, -0.1) is 0 Å². The van der Waals surface area contributed by atoms with Gasteiger partial charge in [0.15, 0.2) is 0 Å². The van der Waals surface area contributed by atoms with Crippen LogP contribution in [-0.4, -0.2) is 29.2 Å². The van der Waals surface area contributed by atoms with Crippen molar-refractivity contribution in [2.24, 2.45) is 11.7 Å². The lowest BCUT2D eigenvalue weighted by molar-refractivity contribution is -0.124. The van der Waals surface area contributed by atoms with Crippen molar-refractivity contribution < 1.29 is 9.90 Å². The molecule has 0 aromatic heterocycles. The summed E-state index contributed by atoms with van der Waals surface area (Å²) in [5.41, 5.74) is 5.42. The van der Waals surface area contributed by atoms with Gasteiger partial charge in [-0.3, -0.25) is 4.79 Å². The van der Waals surface area contributed by atoms with Crippen molar-refractivity contribution in [3.63, 3.8) is 0 Å². The highest BCUT2D eigenvalue weighted by Gasteiger charge is 2.44. The third kappa shape index (κ3) is 2.45. The van der Waals surface area contributed by atoms with Crippen molar-refractivity contribution >= 4 is 5.91 Å². The predicted molar refractivity (Wildman–Crippen MR) is 54.6 cm³/mol. The molecule has 1 saturated carbocycles. The van der Waals surface area contributed by atoms with Crippen LogP contribution in [0.4, 0.5) is 0 Å². The topological polar surface area (TPSA) is 75.4 Å². The molecule has 0 heterocycles. The van der Waals surface area contributed by atoms with Gasteiger partial charge in [0.1, 0.15) is 0 Å². The smallest absolute Gasteiger partial charge is 0.237 e. The summed E-state index contributed by atoms with van der Waals surface area (Å²) in [5, 5.41) is 11.8. The Balaban J connectivity index is 2.41. The van der Waals surface area contributed by atoms with Crippen LogP contribution in [-0.2, 0) is 4.79 Å². The molecule has 0 aromatic rings. The maximum absolute atomic E-state index is 11.6. The quantitative estimate of drug-likeness (QED) is 0.585. The van der Waals surface area contributed by atoms with E-state index in [1.807, 2.05) is 13.8 Å². The van der Waals surface area contributed by atoms with Crippen molar-refractivity contribution in [1.82, 2.24) is 5.32 Å². The summed E-state index contributed by atoms with van der Waals surface area (Å²) in [5.74, 6) is 0.0513. The van der Waals surface area contributed by atoms with E-state index in [0.29, 0.717) is 0 Å². The van der Waals surface area contributed by atoms with Gasteiger partial charge in [0.05, 0.1) is 18.2 Å². The average molecular weight is 200 g/mol. The molecule has 1 amide bonds. The van der Waals surface area contributed by atoms with E-state index in [-0.39, 0.29) is 24.0 Å². The highest BCUT2D eigenvalue weighted by molar-refractivity contribution is 5.82. The predicted octanol–water partition coefficient (Wildman–Crippen LogP) is 0.000900. The molecular formula is C10H20N2O2. The largest absolute Gasteiger partial charge is 0.394 e. The van der Waals surface area contributed by atoms with Crippen LogP contribution in [0.3, 0.4) is 0 Å². The molecule has 4 heteroatoms. The molecular weight excluding hydrogens is 180 g/mol. The van der Waals surface area contributed by atoms with Gasteiger partial charge in [-0.05, 0) is 18.8 Å². The zero-order valence-electron chi connectivity index (χ0n) is 8.92. The van der Waals surface area contributed by atoms with E-state index < -0.39 is 6.04 Å². The highest BCUT2D eigenvalue weighted by Crippen LogP contribution is 2.34. The van der Waals surface area contributed by atoms with Crippen molar-refractivity contribution in [1.29, 1.82) is 0 Å². The second-order valence-corrected chi connectivity index (χ2v) is 4.34. The summed E-state index contributed by atoms with van der Waals surface area (Å²) in [6.07, 6.45) is 2.62. The molecule has 1 rings (SSSR count). The molecule has 0 bridgehead atoms. The number of carbonyl (C=O) groups excluding carboxylic acids is 1. The van der Waals surface area contributed by atoms with Crippen molar-refractivity contribution in [3.05, 3.63) is 0 Å². The van der Waals surface area contributed by atoms with Crippen LogP contribution in [0.2, 0.25) is 0 Å². The fourth-order valence-corrected chi connectivity index (χ4v) is 1.33. The molecule has 2 atom stereocenters. The number of aliphatic hydroxyl groups is 1. The van der Waals surface area contributed by atoms with Crippen molar-refractivity contribution in [3.8, 4) is 0 Å². The molecule has 0 saturated heterocycles. The Morgan fingerprint density at radius 2 is 2.21 bits per heavy atom. The van der Waals surface area contributed by atoms with Gasteiger partial charge >= 0.3 is 0 Å². The molecule has 4 N–H and O–H groups in total. The Morgan fingerprint density at radius 1 is 1.64 bits per heavy atom. The summed E-state index contributed by atoms with van der Waals surface area (Å²) >= 11 is 0. The lowest BCUT2D eigenvalue weighted by Crippen LogP contribution is -2.50. The molecule has 82 valence electrons. The maximum atomic E-state index is 11.6. The van der Waals surface area contributed by atoms with Gasteiger partial charge in [0.25, 0.3) is 0 Å². The number of carbonyl (C=O) groups is 1. The van der Waals surface area contributed by atoms with E-state index in [1.54, 1.807) is 0 Å². The first kappa shape index (κ1) is 11.5. The Kier molecular flexibility index (Phi) is 3.50. The van der Waals surface area contributed by atoms with Gasteiger partial charge in [0.2, 0.25) is 5.91 Å². The minimum atomic E-state index is -0.455. The van der Waals surface area contributed by atoms with Crippen molar-refractivity contribution in [2.45, 2.75) is 44.7 Å². The van der Waals surface area contributed by atoms with Gasteiger partial charge in [-0.2, -0.15) is 0 Å². The lowest BCUT2D eigenvalue weighted by Gasteiger charge is -2.21. The third-order valence-electron chi connectivity index (χ3n) is 3.10. The average Bonchev–Trinajstić information content (AvgIpc) is 2.96. The number of rotatable bonds is 5. The number of nitrogens with one attached hydrogen (secondary N) is 1. The summed E-state index contributed by atoms with van der Waals surface area (Å²) in [6.45, 7) is 3.99. The summed E-state index contributed by atoms with van der Waals surface area (Å²) in [7, 11) is 0. The molecule has 0 radical (unpaired) electrons. The Bertz CT molecular complexity index is 214. The summed E-state index contributed by atoms with van der Waals surface area (Å²) in [6, 6.07) is -0.455. The van der Waals surface area contributed by atoms with Gasteiger partial charge in [-0.25, -0.2) is 0 Å². The minimum absolute atomic E-state index is 0.0198. The lowest BCUT2D eigenvalue weighted by atomic mass is 9.99. The second-order valence-electron chi connectivity index (χ2n) is 4.34. The molecule has 4 nitrogen and oxygen atoms in total. The fourth-order valence-electron chi connectivity index (χ4n) is 1.33. The Labute approximate surface area is 84.9 Å². The molecule has 14 heavy (non-hydrogen) atoms.